The van der Waals surface area contributed by atoms with Crippen LogP contribution in [-0.4, -0.2) is 25.1 Å². The Kier molecular flexibility index (Phi) is 2.16. The summed E-state index contributed by atoms with van der Waals surface area (Å²) in [5, 5.41) is 0. The zero-order chi connectivity index (χ0) is 6.91. The van der Waals surface area contributed by atoms with Crippen molar-refractivity contribution < 1.29 is 4.48 Å². The van der Waals surface area contributed by atoms with Crippen LogP contribution >= 0.6 is 22.6 Å². The molecule has 0 amide bonds. The normalized spacial score (nSPS) is 25.4. The first kappa shape index (κ1) is 7.54. The van der Waals surface area contributed by atoms with Crippen LogP contribution in [0.3, 0.4) is 0 Å². The molecule has 0 unspecified atom stereocenters. The van der Waals surface area contributed by atoms with Crippen molar-refractivity contribution in [1.29, 1.82) is 0 Å². The van der Waals surface area contributed by atoms with E-state index in [-0.39, 0.29) is 0 Å². The Morgan fingerprint density at radius 1 is 1.56 bits per heavy atom. The van der Waals surface area contributed by atoms with Crippen LogP contribution in [0.25, 0.3) is 0 Å². The third-order valence-electron chi connectivity index (χ3n) is 1.64. The van der Waals surface area contributed by atoms with Crippen LogP contribution in [0.15, 0.2) is 9.78 Å². The van der Waals surface area contributed by atoms with Crippen molar-refractivity contribution >= 4 is 22.6 Å². The molecule has 9 heavy (non-hydrogen) atoms. The Balaban J connectivity index is 2.68. The van der Waals surface area contributed by atoms with Gasteiger partial charge in [-0.15, -0.1) is 0 Å². The van der Waals surface area contributed by atoms with E-state index in [2.05, 4.69) is 42.9 Å². The Labute approximate surface area is 70.5 Å². The fourth-order valence-corrected chi connectivity index (χ4v) is 2.30. The third-order valence-corrected chi connectivity index (χ3v) is 2.46. The summed E-state index contributed by atoms with van der Waals surface area (Å²) >= 11 is 2.43. The summed E-state index contributed by atoms with van der Waals surface area (Å²) in [5.74, 6) is 0. The zero-order valence-electron chi connectivity index (χ0n) is 6.02. The van der Waals surface area contributed by atoms with E-state index >= 15 is 0 Å². The molecule has 52 valence electrons. The monoisotopic (exact) mass is 238 g/mol. The lowest BCUT2D eigenvalue weighted by molar-refractivity contribution is -0.841. The van der Waals surface area contributed by atoms with E-state index in [1.807, 2.05) is 0 Å². The molecule has 0 spiro atoms. The van der Waals surface area contributed by atoms with Crippen molar-refractivity contribution in [3.05, 3.63) is 9.78 Å². The number of nitrogens with zero attached hydrogens (tertiary/aromatic N) is 1. The summed E-state index contributed by atoms with van der Waals surface area (Å²) in [6.07, 6.45) is 4.98. The summed E-state index contributed by atoms with van der Waals surface area (Å²) in [6, 6.07) is 0. The third kappa shape index (κ3) is 2.26. The predicted octanol–water partition coefficient (Wildman–Crippen LogP) is 2.13. The fraction of sp³-hybridized carbons (Fsp3) is 0.714. The molecule has 1 rings (SSSR count). The van der Waals surface area contributed by atoms with Crippen molar-refractivity contribution in [1.82, 2.24) is 0 Å². The molecular formula is C7H13IN+. The molecule has 0 bridgehead atoms. The second-order valence-corrected chi connectivity index (χ2v) is 4.57. The van der Waals surface area contributed by atoms with Gasteiger partial charge in [0.1, 0.15) is 6.20 Å². The number of allylic oxidation sites excluding steroid dienone is 1. The van der Waals surface area contributed by atoms with Crippen molar-refractivity contribution in [2.24, 2.45) is 0 Å². The summed E-state index contributed by atoms with van der Waals surface area (Å²) < 4.78 is 2.59. The van der Waals surface area contributed by atoms with E-state index in [1.54, 1.807) is 0 Å². The highest BCUT2D eigenvalue weighted by atomic mass is 127. The highest BCUT2D eigenvalue weighted by Crippen LogP contribution is 2.22. The number of quaternary nitrogens is 1. The number of hydrogen-bond acceptors (Lipinski definition) is 0. The largest absolute Gasteiger partial charge is 0.301 e. The molecule has 0 aliphatic carbocycles. The summed E-state index contributed by atoms with van der Waals surface area (Å²) in [5.41, 5.74) is 0. The van der Waals surface area contributed by atoms with Crippen molar-refractivity contribution in [2.45, 2.75) is 12.8 Å². The molecule has 0 N–H and O–H groups in total. The number of halogens is 1. The minimum absolute atomic E-state index is 1.07. The highest BCUT2D eigenvalue weighted by molar-refractivity contribution is 14.1. The maximum Gasteiger partial charge on any atom is 0.105 e. The van der Waals surface area contributed by atoms with Gasteiger partial charge in [0, 0.05) is 10.0 Å². The van der Waals surface area contributed by atoms with Crippen LogP contribution in [-0.2, 0) is 0 Å². The molecule has 0 aromatic carbocycles. The standard InChI is InChI=1S/C7H13IN/c1-9(2)5-3-4-7(8)6-9/h6H,3-5H2,1-2H3/q+1. The van der Waals surface area contributed by atoms with E-state index in [9.17, 15) is 0 Å². The number of hydrogen-bond donors (Lipinski definition) is 0. The average Bonchev–Trinajstić information content (AvgIpc) is 1.60. The number of rotatable bonds is 0. The molecule has 0 saturated heterocycles. The van der Waals surface area contributed by atoms with Gasteiger partial charge in [0.25, 0.3) is 0 Å². The van der Waals surface area contributed by atoms with Crippen molar-refractivity contribution in [3.63, 3.8) is 0 Å². The van der Waals surface area contributed by atoms with Crippen molar-refractivity contribution in [3.8, 4) is 0 Å². The van der Waals surface area contributed by atoms with E-state index in [1.165, 1.54) is 23.0 Å². The molecule has 0 atom stereocenters. The SMILES string of the molecule is C[N+]1(C)C=C(I)CCC1. The Morgan fingerprint density at radius 2 is 2.22 bits per heavy atom. The second-order valence-electron chi connectivity index (χ2n) is 3.18. The van der Waals surface area contributed by atoms with Crippen LogP contribution in [0.5, 0.6) is 0 Å². The van der Waals surface area contributed by atoms with E-state index in [4.69, 9.17) is 0 Å². The fourth-order valence-electron chi connectivity index (χ4n) is 1.16. The topological polar surface area (TPSA) is 0 Å². The predicted molar refractivity (Wildman–Crippen MR) is 48.3 cm³/mol. The maximum absolute atomic E-state index is 2.43. The molecule has 0 fully saturated rings. The van der Waals surface area contributed by atoms with Gasteiger partial charge in [-0.3, -0.25) is 0 Å². The first-order valence-corrected chi connectivity index (χ1v) is 4.38. The van der Waals surface area contributed by atoms with Crippen LogP contribution < -0.4 is 0 Å². The first-order valence-electron chi connectivity index (χ1n) is 3.30. The van der Waals surface area contributed by atoms with Gasteiger partial charge in [-0.2, -0.15) is 0 Å². The highest BCUT2D eigenvalue weighted by Gasteiger charge is 2.17. The van der Waals surface area contributed by atoms with Crippen LogP contribution in [0.4, 0.5) is 0 Å². The Hall–Kier alpha value is 0.430. The van der Waals surface area contributed by atoms with Crippen molar-refractivity contribution in [2.75, 3.05) is 20.6 Å². The van der Waals surface area contributed by atoms with E-state index in [0.29, 0.717) is 0 Å². The summed E-state index contributed by atoms with van der Waals surface area (Å²) in [7, 11) is 4.50. The Morgan fingerprint density at radius 3 is 2.56 bits per heavy atom. The van der Waals surface area contributed by atoms with E-state index < -0.39 is 0 Å². The molecule has 1 nitrogen and oxygen atoms in total. The van der Waals surface area contributed by atoms with Crippen LogP contribution in [0.2, 0.25) is 0 Å². The maximum atomic E-state index is 2.43. The van der Waals surface area contributed by atoms with Gasteiger partial charge < -0.3 is 4.48 Å². The molecular weight excluding hydrogens is 225 g/mol. The molecule has 1 aliphatic rings. The van der Waals surface area contributed by atoms with Gasteiger partial charge in [-0.05, 0) is 29.0 Å². The molecule has 0 saturated carbocycles. The second kappa shape index (κ2) is 2.58. The van der Waals surface area contributed by atoms with Gasteiger partial charge in [-0.25, -0.2) is 0 Å². The van der Waals surface area contributed by atoms with Crippen LogP contribution in [0.1, 0.15) is 12.8 Å². The summed E-state index contributed by atoms with van der Waals surface area (Å²) in [6.45, 7) is 1.30. The molecule has 0 aromatic rings. The minimum Gasteiger partial charge on any atom is -0.301 e. The molecule has 1 heterocycles. The molecule has 1 aliphatic heterocycles. The lowest BCUT2D eigenvalue weighted by Crippen LogP contribution is -2.36. The van der Waals surface area contributed by atoms with Gasteiger partial charge in [0.15, 0.2) is 0 Å². The van der Waals surface area contributed by atoms with Gasteiger partial charge in [-0.1, -0.05) is 0 Å². The lowest BCUT2D eigenvalue weighted by atomic mass is 10.2. The van der Waals surface area contributed by atoms with E-state index in [0.717, 1.165) is 4.48 Å². The quantitative estimate of drug-likeness (QED) is 0.448. The molecule has 0 aromatic heterocycles. The average molecular weight is 238 g/mol. The van der Waals surface area contributed by atoms with Gasteiger partial charge in [0.05, 0.1) is 20.6 Å². The van der Waals surface area contributed by atoms with Crippen LogP contribution in [0, 0.1) is 0 Å². The zero-order valence-corrected chi connectivity index (χ0v) is 8.18. The molecule has 0 radical (unpaired) electrons. The van der Waals surface area contributed by atoms with Gasteiger partial charge in [0.2, 0.25) is 0 Å². The molecule has 2 heteroatoms. The first-order chi connectivity index (χ1) is 4.10. The minimum atomic E-state index is 1.07. The van der Waals surface area contributed by atoms with Gasteiger partial charge >= 0.3 is 0 Å². The smallest absolute Gasteiger partial charge is 0.105 e. The lowest BCUT2D eigenvalue weighted by Gasteiger charge is -2.28. The Bertz CT molecular complexity index is 138. The summed E-state index contributed by atoms with van der Waals surface area (Å²) in [4.78, 5) is 0.